The quantitative estimate of drug-likeness (QED) is 0.835. The minimum Gasteiger partial charge on any atom is -0.495 e. The van der Waals surface area contributed by atoms with Crippen LogP contribution in [0.4, 0.5) is 0 Å². The molecule has 0 saturated carbocycles. The van der Waals surface area contributed by atoms with E-state index in [4.69, 9.17) is 4.74 Å². The fraction of sp³-hybridized carbons (Fsp3) is 0.611. The lowest BCUT2D eigenvalue weighted by atomic mass is 9.98. The number of aryl methyl sites for hydroxylation is 1. The predicted molar refractivity (Wildman–Crippen MR) is 97.1 cm³/mol. The second kappa shape index (κ2) is 8.19. The average molecular weight is 368 g/mol. The third-order valence-electron chi connectivity index (χ3n) is 4.38. The Morgan fingerprint density at radius 2 is 2.12 bits per heavy atom. The first kappa shape index (κ1) is 19.7. The molecule has 25 heavy (non-hydrogen) atoms. The molecule has 0 radical (unpaired) electrons. The van der Waals surface area contributed by atoms with Gasteiger partial charge in [-0.15, -0.1) is 0 Å². The summed E-state index contributed by atoms with van der Waals surface area (Å²) in [5, 5.41) is 2.91. The Kier molecular flexibility index (Phi) is 6.46. The van der Waals surface area contributed by atoms with Gasteiger partial charge >= 0.3 is 0 Å². The Bertz CT molecular complexity index is 716. The van der Waals surface area contributed by atoms with Crippen molar-refractivity contribution in [2.75, 3.05) is 26.7 Å². The molecule has 6 nitrogen and oxygen atoms in total. The number of methoxy groups -OCH3 is 1. The Morgan fingerprint density at radius 3 is 2.76 bits per heavy atom. The largest absolute Gasteiger partial charge is 0.495 e. The van der Waals surface area contributed by atoms with Gasteiger partial charge < -0.3 is 10.1 Å². The monoisotopic (exact) mass is 368 g/mol. The van der Waals surface area contributed by atoms with Crippen LogP contribution in [-0.2, 0) is 14.8 Å². The molecule has 1 heterocycles. The van der Waals surface area contributed by atoms with Crippen LogP contribution in [0, 0.1) is 18.8 Å². The molecule has 1 atom stereocenters. The number of hydrogen-bond acceptors (Lipinski definition) is 4. The van der Waals surface area contributed by atoms with Crippen LogP contribution in [0.5, 0.6) is 5.75 Å². The van der Waals surface area contributed by atoms with E-state index < -0.39 is 10.0 Å². The molecule has 0 aromatic heterocycles. The Hall–Kier alpha value is -1.60. The number of carbonyl (C=O) groups excluding carboxylic acids is 1. The summed E-state index contributed by atoms with van der Waals surface area (Å²) in [7, 11) is -2.24. The van der Waals surface area contributed by atoms with Gasteiger partial charge in [0.25, 0.3) is 0 Å². The summed E-state index contributed by atoms with van der Waals surface area (Å²) in [5.41, 5.74) is 0.850. The Morgan fingerprint density at radius 1 is 1.40 bits per heavy atom. The molecule has 0 aliphatic carbocycles. The van der Waals surface area contributed by atoms with E-state index in [2.05, 4.69) is 5.32 Å². The molecule has 1 N–H and O–H groups in total. The molecule has 1 amide bonds. The van der Waals surface area contributed by atoms with Gasteiger partial charge in [-0.2, -0.15) is 4.31 Å². The van der Waals surface area contributed by atoms with E-state index >= 15 is 0 Å². The van der Waals surface area contributed by atoms with Crippen LogP contribution in [0.2, 0.25) is 0 Å². The molecule has 1 fully saturated rings. The van der Waals surface area contributed by atoms with Crippen molar-refractivity contribution in [3.63, 3.8) is 0 Å². The number of hydrogen-bond donors (Lipinski definition) is 1. The van der Waals surface area contributed by atoms with Gasteiger partial charge in [-0.25, -0.2) is 8.42 Å². The van der Waals surface area contributed by atoms with Crippen LogP contribution >= 0.6 is 0 Å². The fourth-order valence-corrected chi connectivity index (χ4v) is 4.71. The van der Waals surface area contributed by atoms with E-state index in [1.165, 1.54) is 11.4 Å². The summed E-state index contributed by atoms with van der Waals surface area (Å²) in [6.45, 7) is 7.14. The topological polar surface area (TPSA) is 75.7 Å². The smallest absolute Gasteiger partial charge is 0.246 e. The van der Waals surface area contributed by atoms with E-state index in [0.717, 1.165) is 5.56 Å². The number of benzene rings is 1. The molecular formula is C18H28N2O4S. The van der Waals surface area contributed by atoms with Gasteiger partial charge in [0.05, 0.1) is 13.0 Å². The molecule has 1 aromatic rings. The predicted octanol–water partition coefficient (Wildman–Crippen LogP) is 2.18. The third kappa shape index (κ3) is 4.73. The lowest BCUT2D eigenvalue weighted by Gasteiger charge is -2.31. The molecule has 0 spiro atoms. The maximum atomic E-state index is 13.1. The van der Waals surface area contributed by atoms with Crippen LogP contribution in [0.15, 0.2) is 23.1 Å². The number of nitrogens with one attached hydrogen (secondary N) is 1. The number of sulfonamides is 1. The first-order valence-corrected chi connectivity index (χ1v) is 10.1. The van der Waals surface area contributed by atoms with Gasteiger partial charge in [-0.1, -0.05) is 19.9 Å². The molecule has 1 aliphatic heterocycles. The van der Waals surface area contributed by atoms with Gasteiger partial charge in [-0.05, 0) is 43.4 Å². The van der Waals surface area contributed by atoms with Crippen molar-refractivity contribution < 1.29 is 17.9 Å². The molecule has 1 saturated heterocycles. The van der Waals surface area contributed by atoms with Gasteiger partial charge in [-0.3, -0.25) is 4.79 Å². The van der Waals surface area contributed by atoms with Crippen molar-refractivity contribution >= 4 is 15.9 Å². The van der Waals surface area contributed by atoms with Crippen LogP contribution < -0.4 is 10.1 Å². The van der Waals surface area contributed by atoms with Gasteiger partial charge in [0, 0.05) is 19.6 Å². The second-order valence-corrected chi connectivity index (χ2v) is 8.90. The summed E-state index contributed by atoms with van der Waals surface area (Å²) >= 11 is 0. The van der Waals surface area contributed by atoms with Gasteiger partial charge in [0.2, 0.25) is 15.9 Å². The number of nitrogens with zero attached hydrogens (tertiary/aromatic N) is 1. The molecule has 7 heteroatoms. The fourth-order valence-electron chi connectivity index (χ4n) is 2.95. The van der Waals surface area contributed by atoms with Crippen molar-refractivity contribution in [3.05, 3.63) is 23.8 Å². The zero-order valence-electron chi connectivity index (χ0n) is 15.4. The molecule has 0 unspecified atom stereocenters. The van der Waals surface area contributed by atoms with Crippen LogP contribution in [0.25, 0.3) is 0 Å². The lowest BCUT2D eigenvalue weighted by Crippen LogP contribution is -2.46. The highest BCUT2D eigenvalue weighted by Gasteiger charge is 2.34. The molecule has 1 aromatic carbocycles. The minimum atomic E-state index is -3.70. The molecular weight excluding hydrogens is 340 g/mol. The van der Waals surface area contributed by atoms with Crippen molar-refractivity contribution in [1.29, 1.82) is 0 Å². The van der Waals surface area contributed by atoms with Crippen molar-refractivity contribution in [2.24, 2.45) is 11.8 Å². The SMILES string of the molecule is COc1ccc(C)cc1S(=O)(=O)N1CCC[C@@H](C(=O)NCC(C)C)C1. The van der Waals surface area contributed by atoms with Crippen molar-refractivity contribution in [1.82, 2.24) is 9.62 Å². The molecule has 1 aliphatic rings. The second-order valence-electron chi connectivity index (χ2n) is 7.00. The van der Waals surface area contributed by atoms with Crippen LogP contribution in [0.3, 0.4) is 0 Å². The Balaban J connectivity index is 2.20. The molecule has 140 valence electrons. The molecule has 2 rings (SSSR count). The Labute approximate surface area is 150 Å². The van der Waals surface area contributed by atoms with Gasteiger partial charge in [0.1, 0.15) is 10.6 Å². The van der Waals surface area contributed by atoms with E-state index in [1.54, 1.807) is 12.1 Å². The van der Waals surface area contributed by atoms with Crippen LogP contribution in [0.1, 0.15) is 32.3 Å². The van der Waals surface area contributed by atoms with Gasteiger partial charge in [0.15, 0.2) is 0 Å². The number of rotatable bonds is 6. The lowest BCUT2D eigenvalue weighted by molar-refractivity contribution is -0.126. The maximum absolute atomic E-state index is 13.1. The summed E-state index contributed by atoms with van der Waals surface area (Å²) in [6.07, 6.45) is 1.38. The van der Waals surface area contributed by atoms with E-state index in [1.807, 2.05) is 26.8 Å². The number of piperidine rings is 1. The van der Waals surface area contributed by atoms with E-state index in [9.17, 15) is 13.2 Å². The third-order valence-corrected chi connectivity index (χ3v) is 6.26. The standard InChI is InChI=1S/C18H28N2O4S/c1-13(2)11-19-18(21)15-6-5-9-20(12-15)25(22,23)17-10-14(3)7-8-16(17)24-4/h7-8,10,13,15H,5-6,9,11-12H2,1-4H3,(H,19,21)/t15-/m1/s1. The molecule has 0 bridgehead atoms. The first-order valence-electron chi connectivity index (χ1n) is 8.68. The maximum Gasteiger partial charge on any atom is 0.246 e. The summed E-state index contributed by atoms with van der Waals surface area (Å²) < 4.78 is 32.8. The summed E-state index contributed by atoms with van der Waals surface area (Å²) in [4.78, 5) is 12.5. The highest BCUT2D eigenvalue weighted by atomic mass is 32.2. The highest BCUT2D eigenvalue weighted by Crippen LogP contribution is 2.30. The first-order chi connectivity index (χ1) is 11.8. The minimum absolute atomic E-state index is 0.0650. The zero-order valence-corrected chi connectivity index (χ0v) is 16.2. The zero-order chi connectivity index (χ0) is 18.6. The number of carbonyl (C=O) groups is 1. The highest BCUT2D eigenvalue weighted by molar-refractivity contribution is 7.89. The number of ether oxygens (including phenoxy) is 1. The van der Waals surface area contributed by atoms with Crippen molar-refractivity contribution in [2.45, 2.75) is 38.5 Å². The normalized spacial score (nSPS) is 19.0. The van der Waals surface area contributed by atoms with Crippen molar-refractivity contribution in [3.8, 4) is 5.75 Å². The van der Waals surface area contributed by atoms with E-state index in [-0.39, 0.29) is 23.3 Å². The summed E-state index contributed by atoms with van der Waals surface area (Å²) in [6, 6.07) is 5.10. The average Bonchev–Trinajstić information content (AvgIpc) is 2.59. The van der Waals surface area contributed by atoms with E-state index in [0.29, 0.717) is 37.6 Å². The van der Waals surface area contributed by atoms with Crippen LogP contribution in [-0.4, -0.2) is 45.4 Å². The number of amides is 1. The summed E-state index contributed by atoms with van der Waals surface area (Å²) in [5.74, 6) is 0.323.